The Morgan fingerprint density at radius 1 is 1.12 bits per heavy atom. The number of halogens is 1. The summed E-state index contributed by atoms with van der Waals surface area (Å²) in [5, 5.41) is 19.4. The Morgan fingerprint density at radius 3 is 2.67 bits per heavy atom. The SMILES string of the molecule is N#Cc1ccc(OCc2cccc(OC3CCN(Cc4cc5ccc(C(=O)O)cc5n4CC4CCO4)CC3)n2)c(F)c1. The van der Waals surface area contributed by atoms with Crippen molar-refractivity contribution in [3.63, 3.8) is 0 Å². The van der Waals surface area contributed by atoms with Gasteiger partial charge < -0.3 is 23.9 Å². The first kappa shape index (κ1) is 27.7. The van der Waals surface area contributed by atoms with Gasteiger partial charge in [0.2, 0.25) is 5.88 Å². The third-order valence-electron chi connectivity index (χ3n) is 7.84. The molecule has 2 aliphatic heterocycles. The number of nitriles is 1. The van der Waals surface area contributed by atoms with Crippen LogP contribution in [0.1, 0.15) is 46.6 Å². The molecule has 2 aliphatic rings. The maximum absolute atomic E-state index is 14.1. The van der Waals surface area contributed by atoms with Gasteiger partial charge in [-0.3, -0.25) is 4.90 Å². The van der Waals surface area contributed by atoms with Crippen molar-refractivity contribution in [2.75, 3.05) is 19.7 Å². The number of fused-ring (bicyclic) bond motifs is 1. The Hall–Kier alpha value is -4.46. The number of carboxylic acids is 1. The molecule has 4 heterocycles. The summed E-state index contributed by atoms with van der Waals surface area (Å²) in [4.78, 5) is 18.5. The van der Waals surface area contributed by atoms with Crippen molar-refractivity contribution in [2.45, 2.75) is 51.2 Å². The smallest absolute Gasteiger partial charge is 0.335 e. The summed E-state index contributed by atoms with van der Waals surface area (Å²) in [6.45, 7) is 4.03. The lowest BCUT2D eigenvalue weighted by Gasteiger charge is -2.33. The molecule has 4 aromatic rings. The number of aromatic nitrogens is 2. The monoisotopic (exact) mass is 570 g/mol. The number of pyridine rings is 1. The van der Waals surface area contributed by atoms with E-state index in [2.05, 4.69) is 20.5 Å². The first-order chi connectivity index (χ1) is 20.4. The van der Waals surface area contributed by atoms with Crippen LogP contribution in [0.25, 0.3) is 10.9 Å². The predicted molar refractivity (Wildman–Crippen MR) is 152 cm³/mol. The maximum Gasteiger partial charge on any atom is 0.335 e. The molecule has 2 fully saturated rings. The van der Waals surface area contributed by atoms with E-state index in [0.717, 1.165) is 68.2 Å². The van der Waals surface area contributed by atoms with Crippen LogP contribution >= 0.6 is 0 Å². The number of rotatable bonds is 10. The Morgan fingerprint density at radius 2 is 1.95 bits per heavy atom. The fraction of sp³-hybridized carbons (Fsp3) is 0.344. The van der Waals surface area contributed by atoms with Crippen LogP contribution in [0.2, 0.25) is 0 Å². The molecule has 2 saturated heterocycles. The van der Waals surface area contributed by atoms with Crippen LogP contribution in [0.15, 0.2) is 60.7 Å². The van der Waals surface area contributed by atoms with Crippen molar-refractivity contribution in [3.05, 3.63) is 89.0 Å². The lowest BCUT2D eigenvalue weighted by molar-refractivity contribution is -0.0591. The zero-order chi connectivity index (χ0) is 29.1. The van der Waals surface area contributed by atoms with Gasteiger partial charge in [0.05, 0.1) is 29.0 Å². The zero-order valence-corrected chi connectivity index (χ0v) is 23.0. The summed E-state index contributed by atoms with van der Waals surface area (Å²) in [6.07, 6.45) is 2.87. The van der Waals surface area contributed by atoms with Crippen molar-refractivity contribution < 1.29 is 28.5 Å². The van der Waals surface area contributed by atoms with E-state index in [1.165, 1.54) is 12.1 Å². The van der Waals surface area contributed by atoms with Gasteiger partial charge in [0, 0.05) is 50.1 Å². The van der Waals surface area contributed by atoms with Crippen LogP contribution in [-0.4, -0.2) is 57.4 Å². The van der Waals surface area contributed by atoms with Crippen molar-refractivity contribution in [2.24, 2.45) is 0 Å². The van der Waals surface area contributed by atoms with Crippen LogP contribution in [-0.2, 0) is 24.4 Å². The molecule has 0 radical (unpaired) electrons. The van der Waals surface area contributed by atoms with E-state index in [9.17, 15) is 14.3 Å². The molecular formula is C32H31FN4O5. The number of carbonyl (C=O) groups is 1. The molecule has 42 heavy (non-hydrogen) atoms. The highest BCUT2D eigenvalue weighted by Gasteiger charge is 2.25. The molecule has 10 heteroatoms. The van der Waals surface area contributed by atoms with E-state index >= 15 is 0 Å². The molecule has 1 N–H and O–H groups in total. The van der Waals surface area contributed by atoms with Crippen LogP contribution in [0.3, 0.4) is 0 Å². The largest absolute Gasteiger partial charge is 0.484 e. The van der Waals surface area contributed by atoms with Gasteiger partial charge in [-0.05, 0) is 67.1 Å². The highest BCUT2D eigenvalue weighted by molar-refractivity contribution is 5.93. The first-order valence-corrected chi connectivity index (χ1v) is 14.1. The molecule has 0 saturated carbocycles. The molecule has 0 spiro atoms. The van der Waals surface area contributed by atoms with E-state index in [1.54, 1.807) is 18.2 Å². The van der Waals surface area contributed by atoms with Crippen molar-refractivity contribution >= 4 is 16.9 Å². The molecule has 1 atom stereocenters. The third-order valence-corrected chi connectivity index (χ3v) is 7.84. The zero-order valence-electron chi connectivity index (χ0n) is 23.0. The van der Waals surface area contributed by atoms with Gasteiger partial charge >= 0.3 is 5.97 Å². The predicted octanol–water partition coefficient (Wildman–Crippen LogP) is 5.16. The summed E-state index contributed by atoms with van der Waals surface area (Å²) >= 11 is 0. The standard InChI is InChI=1S/C32H31FN4O5/c33-28-14-21(17-34)4-7-30(28)41-20-24-2-1-3-31(35-24)42-26-8-11-36(12-9-26)18-25-15-22-5-6-23(32(38)39)16-29(22)37(25)19-27-10-13-40-27/h1-7,14-16,26-27H,8-13,18-20H2,(H,38,39). The van der Waals surface area contributed by atoms with Crippen LogP contribution in [0.5, 0.6) is 11.6 Å². The number of piperidine rings is 1. The van der Waals surface area contributed by atoms with E-state index < -0.39 is 11.8 Å². The second-order valence-electron chi connectivity index (χ2n) is 10.7. The second kappa shape index (κ2) is 12.2. The minimum Gasteiger partial charge on any atom is -0.484 e. The average molecular weight is 571 g/mol. The van der Waals surface area contributed by atoms with E-state index in [-0.39, 0.29) is 35.7 Å². The Kier molecular flexibility index (Phi) is 8.04. The highest BCUT2D eigenvalue weighted by Crippen LogP contribution is 2.27. The summed E-state index contributed by atoms with van der Waals surface area (Å²) in [5.74, 6) is -0.948. The van der Waals surface area contributed by atoms with Gasteiger partial charge in [-0.2, -0.15) is 5.26 Å². The molecule has 0 amide bonds. The summed E-state index contributed by atoms with van der Waals surface area (Å²) in [5.41, 5.74) is 3.21. The number of ether oxygens (including phenoxy) is 3. The van der Waals surface area contributed by atoms with Gasteiger partial charge in [0.25, 0.3) is 0 Å². The molecule has 6 rings (SSSR count). The maximum atomic E-state index is 14.1. The number of nitrogens with zero attached hydrogens (tertiary/aromatic N) is 4. The molecule has 2 aromatic heterocycles. The molecule has 2 aromatic carbocycles. The Labute approximate surface area is 242 Å². The van der Waals surface area contributed by atoms with Crippen LogP contribution in [0.4, 0.5) is 4.39 Å². The number of hydrogen-bond acceptors (Lipinski definition) is 7. The number of hydrogen-bond donors (Lipinski definition) is 1. The fourth-order valence-corrected chi connectivity index (χ4v) is 5.45. The van der Waals surface area contributed by atoms with Gasteiger partial charge in [0.15, 0.2) is 11.6 Å². The van der Waals surface area contributed by atoms with E-state index in [0.29, 0.717) is 18.1 Å². The Bertz CT molecular complexity index is 1640. The van der Waals surface area contributed by atoms with Gasteiger partial charge in [-0.1, -0.05) is 12.1 Å². The van der Waals surface area contributed by atoms with Gasteiger partial charge in [-0.25, -0.2) is 14.2 Å². The fourth-order valence-electron chi connectivity index (χ4n) is 5.45. The normalized spacial score (nSPS) is 17.5. The van der Waals surface area contributed by atoms with Crippen molar-refractivity contribution in [1.29, 1.82) is 5.26 Å². The van der Waals surface area contributed by atoms with Crippen LogP contribution in [0, 0.1) is 17.1 Å². The third kappa shape index (κ3) is 6.22. The van der Waals surface area contributed by atoms with Crippen molar-refractivity contribution in [3.8, 4) is 17.7 Å². The molecule has 0 bridgehead atoms. The number of aromatic carboxylic acids is 1. The minimum atomic E-state index is -0.930. The molecule has 9 nitrogen and oxygen atoms in total. The lowest BCUT2D eigenvalue weighted by Crippen LogP contribution is -2.38. The Balaban J connectivity index is 1.06. The molecule has 0 aliphatic carbocycles. The summed E-state index contributed by atoms with van der Waals surface area (Å²) in [7, 11) is 0. The van der Waals surface area contributed by atoms with Gasteiger partial charge in [0.1, 0.15) is 12.7 Å². The minimum absolute atomic E-state index is 0.0215. The average Bonchev–Trinajstić information content (AvgIpc) is 3.31. The highest BCUT2D eigenvalue weighted by atomic mass is 19.1. The van der Waals surface area contributed by atoms with E-state index in [1.807, 2.05) is 24.3 Å². The van der Waals surface area contributed by atoms with Crippen molar-refractivity contribution in [1.82, 2.24) is 14.5 Å². The van der Waals surface area contributed by atoms with Crippen LogP contribution < -0.4 is 9.47 Å². The van der Waals surface area contributed by atoms with Gasteiger partial charge in [-0.15, -0.1) is 0 Å². The number of carboxylic acid groups (broad SMARTS) is 1. The molecule has 216 valence electrons. The molecular weight excluding hydrogens is 539 g/mol. The molecule has 1 unspecified atom stereocenters. The topological polar surface area (TPSA) is 110 Å². The summed E-state index contributed by atoms with van der Waals surface area (Å²) in [6, 6.07) is 18.9. The van der Waals surface area contributed by atoms with E-state index in [4.69, 9.17) is 19.5 Å². The number of likely N-dealkylation sites (tertiary alicyclic amines) is 1. The lowest BCUT2D eigenvalue weighted by atomic mass is 10.1. The second-order valence-corrected chi connectivity index (χ2v) is 10.7. The number of benzene rings is 2. The quantitative estimate of drug-likeness (QED) is 0.279. The first-order valence-electron chi connectivity index (χ1n) is 14.1. The summed E-state index contributed by atoms with van der Waals surface area (Å²) < 4.78 is 33.8.